The SMILES string of the molecule is COc1ccc(Cl)cc1CC(=O)NCc1ccc(C[NH+]2CCCCC2)cc1. The molecule has 2 aromatic carbocycles. The highest BCUT2D eigenvalue weighted by molar-refractivity contribution is 6.30. The summed E-state index contributed by atoms with van der Waals surface area (Å²) >= 11 is 6.03. The van der Waals surface area contributed by atoms with Gasteiger partial charge in [0.25, 0.3) is 0 Å². The fourth-order valence-electron chi connectivity index (χ4n) is 3.61. The molecule has 0 saturated carbocycles. The van der Waals surface area contributed by atoms with Gasteiger partial charge in [-0.15, -0.1) is 0 Å². The van der Waals surface area contributed by atoms with Crippen LogP contribution in [-0.2, 0) is 24.3 Å². The number of piperidine rings is 1. The highest BCUT2D eigenvalue weighted by Gasteiger charge is 2.14. The normalized spacial score (nSPS) is 14.7. The fourth-order valence-corrected chi connectivity index (χ4v) is 3.81. The predicted molar refractivity (Wildman–Crippen MR) is 108 cm³/mol. The van der Waals surface area contributed by atoms with Crippen LogP contribution in [0.15, 0.2) is 42.5 Å². The van der Waals surface area contributed by atoms with Gasteiger partial charge in [-0.25, -0.2) is 0 Å². The van der Waals surface area contributed by atoms with Crippen molar-refractivity contribution in [3.63, 3.8) is 0 Å². The maximum absolute atomic E-state index is 12.3. The number of carbonyl (C=O) groups is 1. The lowest BCUT2D eigenvalue weighted by molar-refractivity contribution is -0.918. The van der Waals surface area contributed by atoms with Gasteiger partial charge in [0.1, 0.15) is 12.3 Å². The van der Waals surface area contributed by atoms with E-state index in [0.717, 1.165) is 17.7 Å². The zero-order valence-electron chi connectivity index (χ0n) is 15.9. The highest BCUT2D eigenvalue weighted by atomic mass is 35.5. The monoisotopic (exact) mass is 387 g/mol. The molecule has 0 radical (unpaired) electrons. The molecule has 0 aromatic heterocycles. The third-order valence-electron chi connectivity index (χ3n) is 5.12. The van der Waals surface area contributed by atoms with Gasteiger partial charge in [-0.05, 0) is 43.0 Å². The molecular weight excluding hydrogens is 360 g/mol. The molecule has 0 unspecified atom stereocenters. The van der Waals surface area contributed by atoms with Gasteiger partial charge in [0.05, 0.1) is 26.6 Å². The third-order valence-corrected chi connectivity index (χ3v) is 5.36. The van der Waals surface area contributed by atoms with Crippen LogP contribution >= 0.6 is 11.6 Å². The smallest absolute Gasteiger partial charge is 0.224 e. The molecule has 0 bridgehead atoms. The molecule has 4 nitrogen and oxygen atoms in total. The van der Waals surface area contributed by atoms with Crippen molar-refractivity contribution < 1.29 is 14.4 Å². The van der Waals surface area contributed by atoms with Crippen molar-refractivity contribution in [1.82, 2.24) is 5.32 Å². The summed E-state index contributed by atoms with van der Waals surface area (Å²) in [6.45, 7) is 4.19. The molecule has 1 fully saturated rings. The molecule has 1 heterocycles. The van der Waals surface area contributed by atoms with Gasteiger partial charge in [-0.3, -0.25) is 4.79 Å². The van der Waals surface area contributed by atoms with E-state index in [2.05, 4.69) is 29.6 Å². The molecule has 3 rings (SSSR count). The summed E-state index contributed by atoms with van der Waals surface area (Å²) in [5.41, 5.74) is 3.27. The Hall–Kier alpha value is -2.04. The molecule has 144 valence electrons. The van der Waals surface area contributed by atoms with Crippen molar-refractivity contribution >= 4 is 17.5 Å². The number of amides is 1. The Morgan fingerprint density at radius 1 is 1.07 bits per heavy atom. The molecule has 27 heavy (non-hydrogen) atoms. The second-order valence-electron chi connectivity index (χ2n) is 7.21. The number of hydrogen-bond donors (Lipinski definition) is 2. The third kappa shape index (κ3) is 5.98. The van der Waals surface area contributed by atoms with Crippen molar-refractivity contribution in [3.8, 4) is 5.75 Å². The number of methoxy groups -OCH3 is 1. The number of halogens is 1. The van der Waals surface area contributed by atoms with Gasteiger partial charge in [-0.1, -0.05) is 35.9 Å². The summed E-state index contributed by atoms with van der Waals surface area (Å²) in [5, 5.41) is 3.58. The average molecular weight is 388 g/mol. The van der Waals surface area contributed by atoms with Crippen molar-refractivity contribution in [2.75, 3.05) is 20.2 Å². The lowest BCUT2D eigenvalue weighted by Crippen LogP contribution is -3.11. The van der Waals surface area contributed by atoms with E-state index in [1.165, 1.54) is 37.9 Å². The van der Waals surface area contributed by atoms with E-state index in [4.69, 9.17) is 16.3 Å². The molecule has 5 heteroatoms. The molecule has 1 aliphatic heterocycles. The Morgan fingerprint density at radius 3 is 2.48 bits per heavy atom. The molecule has 1 amide bonds. The summed E-state index contributed by atoms with van der Waals surface area (Å²) in [4.78, 5) is 14.0. The number of ether oxygens (including phenoxy) is 1. The van der Waals surface area contributed by atoms with Gasteiger partial charge >= 0.3 is 0 Å². The molecule has 2 N–H and O–H groups in total. The summed E-state index contributed by atoms with van der Waals surface area (Å²) in [7, 11) is 1.60. The van der Waals surface area contributed by atoms with Gasteiger partial charge in [0, 0.05) is 22.7 Å². The standard InChI is InChI=1S/C22H27ClN2O2/c1-27-21-10-9-20(23)13-19(21)14-22(26)24-15-17-5-7-18(8-6-17)16-25-11-3-2-4-12-25/h5-10,13H,2-4,11-12,14-16H2,1H3,(H,24,26)/p+1. The number of nitrogens with one attached hydrogen (secondary N) is 2. The minimum atomic E-state index is -0.0441. The van der Waals surface area contributed by atoms with Crippen LogP contribution in [0.5, 0.6) is 5.75 Å². The van der Waals surface area contributed by atoms with Gasteiger partial charge in [-0.2, -0.15) is 0 Å². The summed E-state index contributed by atoms with van der Waals surface area (Å²) in [5.74, 6) is 0.636. The van der Waals surface area contributed by atoms with Crippen molar-refractivity contribution in [3.05, 3.63) is 64.2 Å². The van der Waals surface area contributed by atoms with Gasteiger partial charge in [0.15, 0.2) is 0 Å². The van der Waals surface area contributed by atoms with E-state index in [-0.39, 0.29) is 12.3 Å². The minimum Gasteiger partial charge on any atom is -0.496 e. The zero-order valence-corrected chi connectivity index (χ0v) is 16.6. The van der Waals surface area contributed by atoms with Crippen LogP contribution in [0.3, 0.4) is 0 Å². The first-order valence-electron chi connectivity index (χ1n) is 9.64. The van der Waals surface area contributed by atoms with Crippen LogP contribution in [0, 0.1) is 0 Å². The fraction of sp³-hybridized carbons (Fsp3) is 0.409. The molecule has 0 aliphatic carbocycles. The first-order valence-corrected chi connectivity index (χ1v) is 10.0. The molecule has 0 atom stereocenters. The number of quaternary nitrogens is 1. The molecule has 1 aliphatic rings. The van der Waals surface area contributed by atoms with Crippen molar-refractivity contribution in [2.45, 2.75) is 38.8 Å². The summed E-state index contributed by atoms with van der Waals surface area (Å²) in [6.07, 6.45) is 4.32. The Kier molecular flexibility index (Phi) is 7.13. The number of benzene rings is 2. The van der Waals surface area contributed by atoms with Gasteiger partial charge < -0.3 is 15.0 Å². The molecular formula is C22H28ClN2O2+. The largest absolute Gasteiger partial charge is 0.496 e. The first-order chi connectivity index (χ1) is 13.1. The second-order valence-corrected chi connectivity index (χ2v) is 7.65. The van der Waals surface area contributed by atoms with Crippen LogP contribution in [0.25, 0.3) is 0 Å². The summed E-state index contributed by atoms with van der Waals surface area (Å²) in [6, 6.07) is 13.9. The van der Waals surface area contributed by atoms with Crippen LogP contribution in [0.1, 0.15) is 36.0 Å². The number of likely N-dealkylation sites (tertiary alicyclic amines) is 1. The lowest BCUT2D eigenvalue weighted by atomic mass is 10.1. The van der Waals surface area contributed by atoms with Crippen LogP contribution in [-0.4, -0.2) is 26.1 Å². The number of rotatable bonds is 7. The molecule has 0 spiro atoms. The zero-order chi connectivity index (χ0) is 19.1. The van der Waals surface area contributed by atoms with Crippen LogP contribution in [0.2, 0.25) is 5.02 Å². The van der Waals surface area contributed by atoms with Gasteiger partial charge in [0.2, 0.25) is 5.91 Å². The maximum atomic E-state index is 12.3. The van der Waals surface area contributed by atoms with Crippen molar-refractivity contribution in [2.24, 2.45) is 0 Å². The quantitative estimate of drug-likeness (QED) is 0.767. The lowest BCUT2D eigenvalue weighted by Gasteiger charge is -2.23. The van der Waals surface area contributed by atoms with E-state index < -0.39 is 0 Å². The second kappa shape index (κ2) is 9.77. The van der Waals surface area contributed by atoms with E-state index >= 15 is 0 Å². The number of hydrogen-bond acceptors (Lipinski definition) is 2. The van der Waals surface area contributed by atoms with E-state index in [0.29, 0.717) is 17.3 Å². The Bertz CT molecular complexity index is 755. The van der Waals surface area contributed by atoms with Crippen LogP contribution < -0.4 is 15.0 Å². The topological polar surface area (TPSA) is 42.8 Å². The molecule has 1 saturated heterocycles. The summed E-state index contributed by atoms with van der Waals surface area (Å²) < 4.78 is 5.30. The number of carbonyl (C=O) groups excluding carboxylic acids is 1. The Labute approximate surface area is 166 Å². The van der Waals surface area contributed by atoms with E-state index in [1.54, 1.807) is 30.2 Å². The highest BCUT2D eigenvalue weighted by Crippen LogP contribution is 2.23. The van der Waals surface area contributed by atoms with E-state index in [1.807, 2.05) is 0 Å². The average Bonchev–Trinajstić information content (AvgIpc) is 2.68. The first kappa shape index (κ1) is 19.7. The Morgan fingerprint density at radius 2 is 1.78 bits per heavy atom. The molecule has 2 aromatic rings. The predicted octanol–water partition coefficient (Wildman–Crippen LogP) is 2.78. The van der Waals surface area contributed by atoms with E-state index in [9.17, 15) is 4.79 Å². The van der Waals surface area contributed by atoms with Crippen LogP contribution in [0.4, 0.5) is 0 Å². The maximum Gasteiger partial charge on any atom is 0.224 e. The van der Waals surface area contributed by atoms with Crippen molar-refractivity contribution in [1.29, 1.82) is 0 Å². The minimum absolute atomic E-state index is 0.0441. The Balaban J connectivity index is 1.49.